The molecule has 0 aliphatic rings. The second kappa shape index (κ2) is 4.61. The van der Waals surface area contributed by atoms with E-state index in [1.165, 1.54) is 0 Å². The van der Waals surface area contributed by atoms with E-state index in [1.807, 2.05) is 0 Å². The lowest BCUT2D eigenvalue weighted by molar-refractivity contribution is -0.117. The quantitative estimate of drug-likeness (QED) is 0.729. The van der Waals surface area contributed by atoms with Gasteiger partial charge in [-0.3, -0.25) is 10.1 Å². The molecule has 0 spiro atoms. The summed E-state index contributed by atoms with van der Waals surface area (Å²) < 4.78 is 5.77. The summed E-state index contributed by atoms with van der Waals surface area (Å²) in [5.41, 5.74) is -0.239. The Hall–Kier alpha value is -2.78. The SMILES string of the molecule is Cc1noc(NC(=O)Cn2cc(C(=O)O)nn2)n1. The molecule has 2 aromatic rings. The fraction of sp³-hybridized carbons (Fsp3) is 0.250. The van der Waals surface area contributed by atoms with Gasteiger partial charge in [-0.15, -0.1) is 5.10 Å². The number of carboxylic acids is 1. The lowest BCUT2D eigenvalue weighted by atomic mass is 10.5. The van der Waals surface area contributed by atoms with Gasteiger partial charge in [0.2, 0.25) is 5.91 Å². The van der Waals surface area contributed by atoms with Crippen LogP contribution >= 0.6 is 0 Å². The molecule has 0 saturated carbocycles. The van der Waals surface area contributed by atoms with Gasteiger partial charge in [0, 0.05) is 0 Å². The van der Waals surface area contributed by atoms with Crippen LogP contribution in [0.4, 0.5) is 6.01 Å². The van der Waals surface area contributed by atoms with Gasteiger partial charge in [-0.1, -0.05) is 10.4 Å². The minimum atomic E-state index is -1.21. The van der Waals surface area contributed by atoms with Crippen LogP contribution in [-0.2, 0) is 11.3 Å². The molecule has 0 bridgehead atoms. The zero-order chi connectivity index (χ0) is 13.1. The van der Waals surface area contributed by atoms with E-state index >= 15 is 0 Å². The second-order valence-electron chi connectivity index (χ2n) is 3.30. The van der Waals surface area contributed by atoms with E-state index in [-0.39, 0.29) is 18.3 Å². The Morgan fingerprint density at radius 3 is 2.89 bits per heavy atom. The Balaban J connectivity index is 1.96. The van der Waals surface area contributed by atoms with Crippen LogP contribution in [0.25, 0.3) is 0 Å². The van der Waals surface area contributed by atoms with Gasteiger partial charge in [-0.05, 0) is 6.92 Å². The summed E-state index contributed by atoms with van der Waals surface area (Å²) in [6.45, 7) is 1.40. The van der Waals surface area contributed by atoms with E-state index in [2.05, 4.69) is 30.3 Å². The molecule has 0 saturated heterocycles. The number of aromatic carboxylic acids is 1. The fourth-order valence-corrected chi connectivity index (χ4v) is 1.13. The van der Waals surface area contributed by atoms with E-state index in [9.17, 15) is 9.59 Å². The first-order valence-electron chi connectivity index (χ1n) is 4.78. The third-order valence-corrected chi connectivity index (χ3v) is 1.84. The van der Waals surface area contributed by atoms with Crippen molar-refractivity contribution >= 4 is 17.9 Å². The van der Waals surface area contributed by atoms with Crippen molar-refractivity contribution in [3.63, 3.8) is 0 Å². The molecule has 10 heteroatoms. The highest BCUT2D eigenvalue weighted by atomic mass is 16.5. The molecule has 0 unspecified atom stereocenters. The summed E-state index contributed by atoms with van der Waals surface area (Å²) in [4.78, 5) is 25.8. The van der Waals surface area contributed by atoms with Crippen molar-refractivity contribution in [3.8, 4) is 0 Å². The van der Waals surface area contributed by atoms with Crippen molar-refractivity contribution in [2.24, 2.45) is 0 Å². The highest BCUT2D eigenvalue weighted by Gasteiger charge is 2.12. The van der Waals surface area contributed by atoms with E-state index in [0.717, 1.165) is 10.9 Å². The normalized spacial score (nSPS) is 10.3. The lowest BCUT2D eigenvalue weighted by Crippen LogP contribution is -2.19. The average molecular weight is 252 g/mol. The molecule has 2 aromatic heterocycles. The molecule has 2 heterocycles. The van der Waals surface area contributed by atoms with Gasteiger partial charge < -0.3 is 9.63 Å². The van der Waals surface area contributed by atoms with Crippen LogP contribution in [-0.4, -0.2) is 42.1 Å². The number of nitrogens with zero attached hydrogens (tertiary/aromatic N) is 5. The summed E-state index contributed by atoms with van der Waals surface area (Å²) in [5, 5.41) is 21.3. The van der Waals surface area contributed by atoms with Gasteiger partial charge >= 0.3 is 12.0 Å². The smallest absolute Gasteiger partial charge is 0.358 e. The predicted octanol–water partition coefficient (Wildman–Crippen LogP) is -0.694. The maximum Gasteiger partial charge on any atom is 0.358 e. The molecule has 2 N–H and O–H groups in total. The highest BCUT2D eigenvalue weighted by Crippen LogP contribution is 2.02. The number of carboxylic acid groups (broad SMARTS) is 1. The molecule has 10 nitrogen and oxygen atoms in total. The first-order chi connectivity index (χ1) is 8.54. The topological polar surface area (TPSA) is 136 Å². The van der Waals surface area contributed by atoms with E-state index < -0.39 is 11.9 Å². The molecule has 94 valence electrons. The number of nitrogens with one attached hydrogen (secondary N) is 1. The summed E-state index contributed by atoms with van der Waals surface area (Å²) in [7, 11) is 0. The van der Waals surface area contributed by atoms with Crippen LogP contribution in [0.3, 0.4) is 0 Å². The van der Waals surface area contributed by atoms with Gasteiger partial charge in [-0.2, -0.15) is 4.98 Å². The zero-order valence-corrected chi connectivity index (χ0v) is 9.19. The van der Waals surface area contributed by atoms with Gasteiger partial charge in [0.05, 0.1) is 6.20 Å². The van der Waals surface area contributed by atoms with Crippen LogP contribution in [0.5, 0.6) is 0 Å². The number of carbonyl (C=O) groups excluding carboxylic acids is 1. The standard InChI is InChI=1S/C8H8N6O4/c1-4-9-8(18-12-4)10-6(15)3-14-2-5(7(16)17)11-13-14/h2H,3H2,1H3,(H,16,17)(H,9,10,12,15). The number of rotatable bonds is 4. The van der Waals surface area contributed by atoms with Crippen molar-refractivity contribution in [3.05, 3.63) is 17.7 Å². The van der Waals surface area contributed by atoms with Crippen molar-refractivity contribution < 1.29 is 19.2 Å². The van der Waals surface area contributed by atoms with Crippen molar-refractivity contribution in [2.45, 2.75) is 13.5 Å². The number of hydrogen-bond acceptors (Lipinski definition) is 7. The Kier molecular flexibility index (Phi) is 3.00. The highest BCUT2D eigenvalue weighted by molar-refractivity contribution is 5.88. The minimum absolute atomic E-state index is 0.0314. The Bertz CT molecular complexity index is 588. The number of carbonyl (C=O) groups is 2. The summed E-state index contributed by atoms with van der Waals surface area (Å²) in [6.07, 6.45) is 1.14. The molecular weight excluding hydrogens is 244 g/mol. The summed E-state index contributed by atoms with van der Waals surface area (Å²) in [6, 6.07) is -0.0314. The number of hydrogen-bond donors (Lipinski definition) is 2. The number of amides is 1. The molecule has 0 atom stereocenters. The fourth-order valence-electron chi connectivity index (χ4n) is 1.13. The first-order valence-corrected chi connectivity index (χ1v) is 4.78. The van der Waals surface area contributed by atoms with Crippen molar-refractivity contribution in [2.75, 3.05) is 5.32 Å². The Morgan fingerprint density at radius 1 is 1.56 bits per heavy atom. The van der Waals surface area contributed by atoms with Crippen LogP contribution in [0.2, 0.25) is 0 Å². The van der Waals surface area contributed by atoms with Gasteiger partial charge in [0.15, 0.2) is 11.5 Å². The molecule has 0 aliphatic heterocycles. The third-order valence-electron chi connectivity index (χ3n) is 1.84. The van der Waals surface area contributed by atoms with Crippen LogP contribution in [0.1, 0.15) is 16.3 Å². The molecule has 0 radical (unpaired) electrons. The van der Waals surface area contributed by atoms with Crippen LogP contribution in [0, 0.1) is 6.92 Å². The molecule has 0 aliphatic carbocycles. The molecule has 2 rings (SSSR count). The van der Waals surface area contributed by atoms with Crippen LogP contribution < -0.4 is 5.32 Å². The van der Waals surface area contributed by atoms with E-state index in [4.69, 9.17) is 5.11 Å². The van der Waals surface area contributed by atoms with Gasteiger partial charge in [-0.25, -0.2) is 9.48 Å². The summed E-state index contributed by atoms with van der Waals surface area (Å²) >= 11 is 0. The van der Waals surface area contributed by atoms with Crippen molar-refractivity contribution in [1.29, 1.82) is 0 Å². The Labute approximate surface area is 99.6 Å². The van der Waals surface area contributed by atoms with Crippen molar-refractivity contribution in [1.82, 2.24) is 25.1 Å². The monoisotopic (exact) mass is 252 g/mol. The predicted molar refractivity (Wildman–Crippen MR) is 54.6 cm³/mol. The van der Waals surface area contributed by atoms with E-state index in [1.54, 1.807) is 6.92 Å². The molecule has 18 heavy (non-hydrogen) atoms. The first kappa shape index (κ1) is 11.7. The largest absolute Gasteiger partial charge is 0.476 e. The van der Waals surface area contributed by atoms with Crippen LogP contribution in [0.15, 0.2) is 10.7 Å². The second-order valence-corrected chi connectivity index (χ2v) is 3.30. The van der Waals surface area contributed by atoms with E-state index in [0.29, 0.717) is 5.82 Å². The zero-order valence-electron chi connectivity index (χ0n) is 9.19. The molecule has 0 fully saturated rings. The number of aryl methyl sites for hydroxylation is 1. The minimum Gasteiger partial charge on any atom is -0.476 e. The molecular formula is C8H8N6O4. The lowest BCUT2D eigenvalue weighted by Gasteiger charge is -1.98. The number of aromatic nitrogens is 5. The maximum absolute atomic E-state index is 11.5. The third kappa shape index (κ3) is 2.66. The average Bonchev–Trinajstić information content (AvgIpc) is 2.88. The van der Waals surface area contributed by atoms with Gasteiger partial charge in [0.1, 0.15) is 6.54 Å². The summed E-state index contributed by atoms with van der Waals surface area (Å²) in [5.74, 6) is -1.31. The molecule has 1 amide bonds. The number of anilines is 1. The van der Waals surface area contributed by atoms with Gasteiger partial charge in [0.25, 0.3) is 0 Å². The Morgan fingerprint density at radius 2 is 2.33 bits per heavy atom. The maximum atomic E-state index is 11.5. The molecule has 0 aromatic carbocycles.